The van der Waals surface area contributed by atoms with E-state index in [1.54, 1.807) is 12.4 Å². The number of anilines is 3. The number of aliphatic carboxylic acids is 1. The fraction of sp³-hybridized carbons (Fsp3) is 0.263. The van der Waals surface area contributed by atoms with E-state index in [2.05, 4.69) is 20.3 Å². The molecule has 7 nitrogen and oxygen atoms in total. The van der Waals surface area contributed by atoms with Crippen molar-refractivity contribution < 1.29 is 9.90 Å². The van der Waals surface area contributed by atoms with Crippen molar-refractivity contribution in [3.63, 3.8) is 0 Å². The van der Waals surface area contributed by atoms with Crippen molar-refractivity contribution in [2.45, 2.75) is 25.8 Å². The lowest BCUT2D eigenvalue weighted by Crippen LogP contribution is -2.35. The molecule has 0 aromatic carbocycles. The van der Waals surface area contributed by atoms with E-state index in [9.17, 15) is 9.90 Å². The van der Waals surface area contributed by atoms with E-state index >= 15 is 0 Å². The van der Waals surface area contributed by atoms with Crippen LogP contribution in [0.15, 0.2) is 42.7 Å². The molecule has 0 spiro atoms. The number of rotatable bonds is 5. The van der Waals surface area contributed by atoms with E-state index in [0.29, 0.717) is 12.2 Å². The highest BCUT2D eigenvalue weighted by Gasteiger charge is 2.32. The molecule has 4 heterocycles. The van der Waals surface area contributed by atoms with Crippen LogP contribution in [0.25, 0.3) is 10.6 Å². The molecule has 3 aromatic heterocycles. The Morgan fingerprint density at radius 1 is 1.30 bits per heavy atom. The average molecular weight is 381 g/mol. The second-order valence-electron chi connectivity index (χ2n) is 6.45. The lowest BCUT2D eigenvalue weighted by molar-refractivity contribution is -0.138. The monoisotopic (exact) mass is 381 g/mol. The van der Waals surface area contributed by atoms with Crippen molar-refractivity contribution in [3.8, 4) is 10.6 Å². The number of aromatic nitrogens is 3. The maximum absolute atomic E-state index is 11.4. The Morgan fingerprint density at radius 2 is 2.19 bits per heavy atom. The summed E-state index contributed by atoms with van der Waals surface area (Å²) in [5.74, 6) is 0.648. The molecule has 4 rings (SSSR count). The molecule has 1 unspecified atom stereocenters. The second kappa shape index (κ2) is 7.32. The number of carbonyl (C=O) groups is 1. The molecule has 138 valence electrons. The van der Waals surface area contributed by atoms with Gasteiger partial charge in [0.1, 0.15) is 17.7 Å². The van der Waals surface area contributed by atoms with Gasteiger partial charge in [-0.25, -0.2) is 19.7 Å². The third kappa shape index (κ3) is 3.75. The Labute approximate surface area is 160 Å². The molecule has 1 aliphatic rings. The highest BCUT2D eigenvalue weighted by Crippen LogP contribution is 2.34. The number of nitrogens with one attached hydrogen (secondary N) is 1. The summed E-state index contributed by atoms with van der Waals surface area (Å²) in [5.41, 5.74) is 1.91. The van der Waals surface area contributed by atoms with Gasteiger partial charge in [-0.05, 0) is 49.6 Å². The minimum atomic E-state index is -0.792. The number of hydrogen-bond donors (Lipinski definition) is 2. The molecule has 2 N–H and O–H groups in total. The van der Waals surface area contributed by atoms with Crippen molar-refractivity contribution in [2.75, 3.05) is 16.8 Å². The zero-order chi connectivity index (χ0) is 18.8. The van der Waals surface area contributed by atoms with Gasteiger partial charge >= 0.3 is 5.97 Å². The van der Waals surface area contributed by atoms with Gasteiger partial charge in [0.2, 0.25) is 0 Å². The smallest absolute Gasteiger partial charge is 0.326 e. The topological polar surface area (TPSA) is 91.2 Å². The summed E-state index contributed by atoms with van der Waals surface area (Å²) >= 11 is 1.47. The van der Waals surface area contributed by atoms with Crippen molar-refractivity contribution in [1.82, 2.24) is 15.0 Å². The van der Waals surface area contributed by atoms with Crippen LogP contribution in [0.3, 0.4) is 0 Å². The van der Waals surface area contributed by atoms with Crippen LogP contribution in [0.4, 0.5) is 16.8 Å². The molecule has 0 aliphatic carbocycles. The molecule has 1 saturated heterocycles. The first-order chi connectivity index (χ1) is 13.1. The van der Waals surface area contributed by atoms with E-state index in [4.69, 9.17) is 0 Å². The van der Waals surface area contributed by atoms with Gasteiger partial charge in [-0.3, -0.25) is 0 Å². The summed E-state index contributed by atoms with van der Waals surface area (Å²) in [7, 11) is 0. The standard InChI is InChI=1S/C19H19N5O2S/c1-12-7-8-20-17(10-12)23-16-6-2-4-13(22-16)15-11-21-19(27-15)24-9-3-5-14(24)18(25)26/h2,4,6-8,10-11,14H,3,5,9H2,1H3,(H,25,26)(H,20,22,23). The minimum Gasteiger partial charge on any atom is -0.480 e. The Hall–Kier alpha value is -3.00. The summed E-state index contributed by atoms with van der Waals surface area (Å²) in [6, 6.07) is 9.14. The maximum atomic E-state index is 11.4. The first-order valence-corrected chi connectivity index (χ1v) is 9.54. The van der Waals surface area contributed by atoms with Crippen LogP contribution in [0.2, 0.25) is 0 Å². The van der Waals surface area contributed by atoms with Crippen molar-refractivity contribution in [1.29, 1.82) is 0 Å². The number of hydrogen-bond acceptors (Lipinski definition) is 7. The van der Waals surface area contributed by atoms with Gasteiger partial charge in [0.05, 0.1) is 10.6 Å². The van der Waals surface area contributed by atoms with E-state index in [-0.39, 0.29) is 0 Å². The summed E-state index contributed by atoms with van der Waals surface area (Å²) in [4.78, 5) is 27.6. The van der Waals surface area contributed by atoms with E-state index in [0.717, 1.165) is 40.0 Å². The Bertz CT molecular complexity index is 974. The van der Waals surface area contributed by atoms with E-state index in [1.165, 1.54) is 11.3 Å². The predicted octanol–water partition coefficient (Wildman–Crippen LogP) is 3.71. The summed E-state index contributed by atoms with van der Waals surface area (Å²) in [5, 5.41) is 13.3. The number of carboxylic acids is 1. The first-order valence-electron chi connectivity index (χ1n) is 8.72. The third-order valence-electron chi connectivity index (χ3n) is 4.45. The number of carboxylic acid groups (broad SMARTS) is 1. The normalized spacial score (nSPS) is 16.5. The fourth-order valence-corrected chi connectivity index (χ4v) is 4.11. The van der Waals surface area contributed by atoms with E-state index < -0.39 is 12.0 Å². The second-order valence-corrected chi connectivity index (χ2v) is 7.46. The Morgan fingerprint density at radius 3 is 3.00 bits per heavy atom. The van der Waals surface area contributed by atoms with Gasteiger partial charge in [-0.1, -0.05) is 17.4 Å². The molecular formula is C19H19N5O2S. The van der Waals surface area contributed by atoms with Gasteiger partial charge in [-0.2, -0.15) is 0 Å². The zero-order valence-electron chi connectivity index (χ0n) is 14.8. The SMILES string of the molecule is Cc1ccnc(Nc2cccc(-c3cnc(N4CCCC4C(=O)O)s3)n2)c1. The van der Waals surface area contributed by atoms with Crippen LogP contribution in [-0.4, -0.2) is 38.6 Å². The molecular weight excluding hydrogens is 362 g/mol. The molecule has 3 aromatic rings. The molecule has 1 atom stereocenters. The minimum absolute atomic E-state index is 0.489. The van der Waals surface area contributed by atoms with Crippen LogP contribution < -0.4 is 10.2 Å². The number of nitrogens with zero attached hydrogens (tertiary/aromatic N) is 4. The van der Waals surface area contributed by atoms with Gasteiger partial charge in [0.25, 0.3) is 0 Å². The van der Waals surface area contributed by atoms with Gasteiger partial charge in [-0.15, -0.1) is 0 Å². The van der Waals surface area contributed by atoms with Gasteiger partial charge < -0.3 is 15.3 Å². The molecule has 8 heteroatoms. The van der Waals surface area contributed by atoms with Crippen molar-refractivity contribution in [3.05, 3.63) is 48.3 Å². The van der Waals surface area contributed by atoms with Gasteiger partial charge in [0.15, 0.2) is 5.13 Å². The fourth-order valence-electron chi connectivity index (χ4n) is 3.15. The quantitative estimate of drug-likeness (QED) is 0.696. The van der Waals surface area contributed by atoms with Crippen LogP contribution in [-0.2, 0) is 4.79 Å². The zero-order valence-corrected chi connectivity index (χ0v) is 15.6. The molecule has 0 amide bonds. The Balaban J connectivity index is 1.56. The van der Waals surface area contributed by atoms with Crippen molar-refractivity contribution in [2.24, 2.45) is 0 Å². The van der Waals surface area contributed by atoms with Crippen LogP contribution in [0.1, 0.15) is 18.4 Å². The highest BCUT2D eigenvalue weighted by atomic mass is 32.1. The van der Waals surface area contributed by atoms with E-state index in [1.807, 2.05) is 42.2 Å². The molecule has 1 fully saturated rings. The summed E-state index contributed by atoms with van der Waals surface area (Å²) in [6.45, 7) is 2.73. The lowest BCUT2D eigenvalue weighted by Gasteiger charge is -2.19. The first kappa shape index (κ1) is 17.4. The predicted molar refractivity (Wildman–Crippen MR) is 106 cm³/mol. The van der Waals surface area contributed by atoms with Crippen LogP contribution >= 0.6 is 11.3 Å². The number of pyridine rings is 2. The molecule has 0 radical (unpaired) electrons. The molecule has 0 saturated carbocycles. The maximum Gasteiger partial charge on any atom is 0.326 e. The average Bonchev–Trinajstić information content (AvgIpc) is 3.31. The molecule has 1 aliphatic heterocycles. The Kier molecular flexibility index (Phi) is 4.72. The highest BCUT2D eigenvalue weighted by molar-refractivity contribution is 7.18. The van der Waals surface area contributed by atoms with Crippen molar-refractivity contribution >= 4 is 34.1 Å². The summed E-state index contributed by atoms with van der Waals surface area (Å²) in [6.07, 6.45) is 5.04. The molecule has 0 bridgehead atoms. The van der Waals surface area contributed by atoms with Crippen LogP contribution in [0, 0.1) is 6.92 Å². The summed E-state index contributed by atoms with van der Waals surface area (Å²) < 4.78 is 0. The third-order valence-corrected chi connectivity index (χ3v) is 5.51. The van der Waals surface area contributed by atoms with Crippen LogP contribution in [0.5, 0.6) is 0 Å². The largest absolute Gasteiger partial charge is 0.480 e. The lowest BCUT2D eigenvalue weighted by atomic mass is 10.2. The molecule has 27 heavy (non-hydrogen) atoms. The number of thiazole rings is 1. The van der Waals surface area contributed by atoms with Gasteiger partial charge in [0, 0.05) is 18.9 Å². The number of aryl methyl sites for hydroxylation is 1.